The van der Waals surface area contributed by atoms with Crippen LogP contribution in [0, 0.1) is 6.92 Å². The summed E-state index contributed by atoms with van der Waals surface area (Å²) in [5.74, 6) is 1.82. The molecule has 1 fully saturated rings. The Morgan fingerprint density at radius 3 is 2.39 bits per heavy atom. The van der Waals surface area contributed by atoms with Gasteiger partial charge < -0.3 is 9.32 Å². The van der Waals surface area contributed by atoms with Crippen molar-refractivity contribution in [3.8, 4) is 0 Å². The first-order valence-corrected chi connectivity index (χ1v) is 7.62. The fraction of sp³-hybridized carbons (Fsp3) is 0.412. The number of aryl methyl sites for hydroxylation is 1. The first-order chi connectivity index (χ1) is 10.9. The third kappa shape index (κ3) is 3.88. The Kier molecular flexibility index (Phi) is 4.35. The van der Waals surface area contributed by atoms with Crippen molar-refractivity contribution in [1.82, 2.24) is 4.90 Å². The summed E-state index contributed by atoms with van der Waals surface area (Å²) >= 11 is 0. The van der Waals surface area contributed by atoms with Crippen molar-refractivity contribution in [2.75, 3.05) is 31.1 Å². The lowest BCUT2D eigenvalue weighted by molar-refractivity contribution is -0.137. The molecule has 0 amide bonds. The maximum absolute atomic E-state index is 12.8. The van der Waals surface area contributed by atoms with Gasteiger partial charge in [-0.2, -0.15) is 13.2 Å². The predicted molar refractivity (Wildman–Crippen MR) is 82.4 cm³/mol. The molecule has 124 valence electrons. The zero-order valence-corrected chi connectivity index (χ0v) is 12.9. The molecule has 23 heavy (non-hydrogen) atoms. The van der Waals surface area contributed by atoms with E-state index < -0.39 is 11.7 Å². The number of benzene rings is 1. The van der Waals surface area contributed by atoms with Gasteiger partial charge in [0, 0.05) is 31.9 Å². The summed E-state index contributed by atoms with van der Waals surface area (Å²) in [6, 6.07) is 9.45. The standard InChI is InChI=1S/C17H19F3N2O/c1-13-5-6-16(23-13)12-21-7-9-22(10-8-21)15-4-2-3-14(11-15)17(18,19)20/h2-6,11H,7-10,12H2,1H3. The van der Waals surface area contributed by atoms with E-state index in [1.165, 1.54) is 12.1 Å². The van der Waals surface area contributed by atoms with E-state index in [4.69, 9.17) is 4.42 Å². The number of hydrogen-bond donors (Lipinski definition) is 0. The number of rotatable bonds is 3. The molecule has 3 rings (SSSR count). The zero-order valence-electron chi connectivity index (χ0n) is 12.9. The molecule has 0 radical (unpaired) electrons. The Hall–Kier alpha value is -1.95. The van der Waals surface area contributed by atoms with Crippen LogP contribution in [-0.2, 0) is 12.7 Å². The van der Waals surface area contributed by atoms with Gasteiger partial charge in [0.25, 0.3) is 0 Å². The SMILES string of the molecule is Cc1ccc(CN2CCN(c3cccc(C(F)(F)F)c3)CC2)o1. The average Bonchev–Trinajstić information content (AvgIpc) is 2.92. The molecule has 1 aromatic carbocycles. The maximum atomic E-state index is 12.8. The number of hydrogen-bond acceptors (Lipinski definition) is 3. The molecule has 0 N–H and O–H groups in total. The molecule has 0 saturated carbocycles. The molecule has 1 aromatic heterocycles. The highest BCUT2D eigenvalue weighted by atomic mass is 19.4. The number of anilines is 1. The summed E-state index contributed by atoms with van der Waals surface area (Å²) in [7, 11) is 0. The van der Waals surface area contributed by atoms with Crippen LogP contribution in [0.1, 0.15) is 17.1 Å². The van der Waals surface area contributed by atoms with Crippen molar-refractivity contribution in [3.63, 3.8) is 0 Å². The summed E-state index contributed by atoms with van der Waals surface area (Å²) < 4.78 is 44.0. The zero-order chi connectivity index (χ0) is 16.4. The summed E-state index contributed by atoms with van der Waals surface area (Å²) in [5.41, 5.74) is 0.0387. The fourth-order valence-electron chi connectivity index (χ4n) is 2.83. The molecule has 6 heteroatoms. The molecular formula is C17H19F3N2O. The summed E-state index contributed by atoms with van der Waals surface area (Å²) in [4.78, 5) is 4.25. The molecule has 2 aromatic rings. The molecule has 0 unspecified atom stereocenters. The smallest absolute Gasteiger partial charge is 0.416 e. The summed E-state index contributed by atoms with van der Waals surface area (Å²) in [6.45, 7) is 5.67. The van der Waals surface area contributed by atoms with Gasteiger partial charge in [-0.1, -0.05) is 6.07 Å². The second-order valence-corrected chi connectivity index (χ2v) is 5.82. The van der Waals surface area contributed by atoms with Crippen molar-refractivity contribution in [2.45, 2.75) is 19.6 Å². The van der Waals surface area contributed by atoms with E-state index in [1.807, 2.05) is 24.0 Å². The van der Waals surface area contributed by atoms with Gasteiger partial charge in [-0.25, -0.2) is 0 Å². The minimum absolute atomic E-state index is 0.594. The first-order valence-electron chi connectivity index (χ1n) is 7.62. The minimum Gasteiger partial charge on any atom is -0.465 e. The Balaban J connectivity index is 1.60. The van der Waals surface area contributed by atoms with E-state index in [1.54, 1.807) is 6.07 Å². The van der Waals surface area contributed by atoms with E-state index in [-0.39, 0.29) is 0 Å². The van der Waals surface area contributed by atoms with Gasteiger partial charge in [0.1, 0.15) is 11.5 Å². The largest absolute Gasteiger partial charge is 0.465 e. The van der Waals surface area contributed by atoms with Gasteiger partial charge in [0.15, 0.2) is 0 Å². The second-order valence-electron chi connectivity index (χ2n) is 5.82. The number of furan rings is 1. The highest BCUT2D eigenvalue weighted by molar-refractivity contribution is 5.49. The third-order valence-electron chi connectivity index (χ3n) is 4.09. The van der Waals surface area contributed by atoms with Crippen LogP contribution in [0.5, 0.6) is 0 Å². The van der Waals surface area contributed by atoms with Crippen LogP contribution in [-0.4, -0.2) is 31.1 Å². The normalized spacial score (nSPS) is 16.8. The maximum Gasteiger partial charge on any atom is 0.416 e. The Labute approximate surface area is 133 Å². The monoisotopic (exact) mass is 324 g/mol. The molecule has 1 aliphatic heterocycles. The van der Waals surface area contributed by atoms with Crippen molar-refractivity contribution >= 4 is 5.69 Å². The Morgan fingerprint density at radius 1 is 1.04 bits per heavy atom. The van der Waals surface area contributed by atoms with Crippen molar-refractivity contribution in [2.24, 2.45) is 0 Å². The van der Waals surface area contributed by atoms with Crippen LogP contribution in [0.2, 0.25) is 0 Å². The minimum atomic E-state index is -4.30. The molecular weight excluding hydrogens is 305 g/mol. The van der Waals surface area contributed by atoms with Crippen LogP contribution in [0.15, 0.2) is 40.8 Å². The lowest BCUT2D eigenvalue weighted by Crippen LogP contribution is -2.46. The number of piperazine rings is 1. The van der Waals surface area contributed by atoms with Crippen LogP contribution in [0.3, 0.4) is 0 Å². The number of alkyl halides is 3. The molecule has 3 nitrogen and oxygen atoms in total. The van der Waals surface area contributed by atoms with Crippen LogP contribution < -0.4 is 4.90 Å². The van der Waals surface area contributed by atoms with Gasteiger partial charge in [0.05, 0.1) is 12.1 Å². The Bertz CT molecular complexity index is 658. The van der Waals surface area contributed by atoms with Crippen molar-refractivity contribution in [1.29, 1.82) is 0 Å². The average molecular weight is 324 g/mol. The van der Waals surface area contributed by atoms with Gasteiger partial charge in [0.2, 0.25) is 0 Å². The third-order valence-corrected chi connectivity index (χ3v) is 4.09. The van der Waals surface area contributed by atoms with E-state index in [0.29, 0.717) is 18.8 Å². The molecule has 2 heterocycles. The van der Waals surface area contributed by atoms with Gasteiger partial charge in [-0.05, 0) is 37.3 Å². The highest BCUT2D eigenvalue weighted by Gasteiger charge is 2.31. The van der Waals surface area contributed by atoms with Crippen LogP contribution >= 0.6 is 0 Å². The van der Waals surface area contributed by atoms with E-state index in [2.05, 4.69) is 4.90 Å². The lowest BCUT2D eigenvalue weighted by atomic mass is 10.1. The Morgan fingerprint density at radius 2 is 1.78 bits per heavy atom. The van der Waals surface area contributed by atoms with Crippen LogP contribution in [0.25, 0.3) is 0 Å². The highest BCUT2D eigenvalue weighted by Crippen LogP contribution is 2.31. The second kappa shape index (κ2) is 6.28. The molecule has 0 spiro atoms. The van der Waals surface area contributed by atoms with E-state index in [9.17, 15) is 13.2 Å². The lowest BCUT2D eigenvalue weighted by Gasteiger charge is -2.35. The van der Waals surface area contributed by atoms with Crippen molar-refractivity contribution < 1.29 is 17.6 Å². The van der Waals surface area contributed by atoms with Crippen LogP contribution in [0.4, 0.5) is 18.9 Å². The van der Waals surface area contributed by atoms with Gasteiger partial charge >= 0.3 is 6.18 Å². The fourth-order valence-corrected chi connectivity index (χ4v) is 2.83. The summed E-state index contributed by atoms with van der Waals surface area (Å²) in [5, 5.41) is 0. The molecule has 1 saturated heterocycles. The molecule has 0 aliphatic carbocycles. The number of halogens is 3. The quantitative estimate of drug-likeness (QED) is 0.853. The predicted octanol–water partition coefficient (Wildman–Crippen LogP) is 3.93. The van der Waals surface area contributed by atoms with E-state index in [0.717, 1.165) is 37.2 Å². The first kappa shape index (κ1) is 15.9. The van der Waals surface area contributed by atoms with Gasteiger partial charge in [-0.15, -0.1) is 0 Å². The van der Waals surface area contributed by atoms with Crippen molar-refractivity contribution in [3.05, 3.63) is 53.5 Å². The number of nitrogens with zero attached hydrogens (tertiary/aromatic N) is 2. The molecule has 0 atom stereocenters. The molecule has 0 bridgehead atoms. The summed E-state index contributed by atoms with van der Waals surface area (Å²) in [6.07, 6.45) is -4.30. The van der Waals surface area contributed by atoms with Gasteiger partial charge in [-0.3, -0.25) is 4.90 Å². The van der Waals surface area contributed by atoms with E-state index >= 15 is 0 Å². The molecule has 1 aliphatic rings. The topological polar surface area (TPSA) is 19.6 Å².